The molecule has 0 spiro atoms. The van der Waals surface area contributed by atoms with Gasteiger partial charge in [-0.15, -0.1) is 0 Å². The molecule has 2 rings (SSSR count). The van der Waals surface area contributed by atoms with Crippen molar-refractivity contribution in [2.24, 2.45) is 0 Å². The SMILES string of the molecule is CCN1C(=O)/C(=C\c2ccc(OC)c(OC)c2C(=O)O)SC1=S. The van der Waals surface area contributed by atoms with Crippen LogP contribution in [0.15, 0.2) is 17.0 Å². The molecule has 1 N–H and O–H groups in total. The Kier molecular flexibility index (Phi) is 5.27. The van der Waals surface area contributed by atoms with Crippen molar-refractivity contribution in [3.05, 3.63) is 28.2 Å². The first-order valence-corrected chi connectivity index (χ1v) is 7.90. The molecule has 1 saturated heterocycles. The van der Waals surface area contributed by atoms with Crippen molar-refractivity contribution in [2.75, 3.05) is 20.8 Å². The summed E-state index contributed by atoms with van der Waals surface area (Å²) >= 11 is 6.30. The van der Waals surface area contributed by atoms with Crippen LogP contribution in [0.3, 0.4) is 0 Å². The van der Waals surface area contributed by atoms with Gasteiger partial charge in [0.2, 0.25) is 0 Å². The largest absolute Gasteiger partial charge is 0.493 e. The number of ether oxygens (including phenoxy) is 2. The summed E-state index contributed by atoms with van der Waals surface area (Å²) in [4.78, 5) is 25.7. The van der Waals surface area contributed by atoms with Crippen molar-refractivity contribution < 1.29 is 24.2 Å². The number of methoxy groups -OCH3 is 2. The van der Waals surface area contributed by atoms with Crippen molar-refractivity contribution in [1.82, 2.24) is 4.90 Å². The number of carbonyl (C=O) groups is 2. The van der Waals surface area contributed by atoms with Crippen molar-refractivity contribution in [3.63, 3.8) is 0 Å². The molecule has 1 aliphatic rings. The fourth-order valence-corrected chi connectivity index (χ4v) is 3.57. The Hall–Kier alpha value is -2.06. The second-order valence-electron chi connectivity index (χ2n) is 4.50. The number of thiocarbonyl (C=S) groups is 1. The Labute approximate surface area is 143 Å². The van der Waals surface area contributed by atoms with Crippen molar-refractivity contribution in [3.8, 4) is 11.5 Å². The maximum absolute atomic E-state index is 12.3. The van der Waals surface area contributed by atoms with Crippen LogP contribution in [0.5, 0.6) is 11.5 Å². The molecule has 0 aromatic heterocycles. The molecule has 23 heavy (non-hydrogen) atoms. The van der Waals surface area contributed by atoms with Gasteiger partial charge in [-0.05, 0) is 24.6 Å². The number of benzene rings is 1. The lowest BCUT2D eigenvalue weighted by atomic mass is 10.0. The molecule has 6 nitrogen and oxygen atoms in total. The van der Waals surface area contributed by atoms with E-state index in [0.717, 1.165) is 11.8 Å². The molecule has 0 saturated carbocycles. The summed E-state index contributed by atoms with van der Waals surface area (Å²) < 4.78 is 10.7. The molecule has 1 fully saturated rings. The number of carbonyl (C=O) groups excluding carboxylic acids is 1. The lowest BCUT2D eigenvalue weighted by Gasteiger charge is -2.13. The summed E-state index contributed by atoms with van der Waals surface area (Å²) in [7, 11) is 2.79. The second kappa shape index (κ2) is 7.01. The third-order valence-electron chi connectivity index (χ3n) is 3.27. The van der Waals surface area contributed by atoms with Gasteiger partial charge in [-0.3, -0.25) is 9.69 Å². The number of aromatic carboxylic acids is 1. The number of likely N-dealkylation sites (N-methyl/N-ethyl adjacent to an activating group) is 1. The van der Waals surface area contributed by atoms with Crippen LogP contribution >= 0.6 is 24.0 Å². The summed E-state index contributed by atoms with van der Waals surface area (Å²) in [5.74, 6) is -0.977. The monoisotopic (exact) mass is 353 g/mol. The molecule has 0 aliphatic carbocycles. The van der Waals surface area contributed by atoms with Crippen molar-refractivity contribution in [1.29, 1.82) is 0 Å². The summed E-state index contributed by atoms with van der Waals surface area (Å²) in [5.41, 5.74) is 0.292. The highest BCUT2D eigenvalue weighted by molar-refractivity contribution is 8.26. The quantitative estimate of drug-likeness (QED) is 0.644. The molecule has 1 aromatic carbocycles. The van der Waals surface area contributed by atoms with Gasteiger partial charge in [0.15, 0.2) is 11.5 Å². The van der Waals surface area contributed by atoms with Crippen LogP contribution in [0.25, 0.3) is 6.08 Å². The lowest BCUT2D eigenvalue weighted by Crippen LogP contribution is -2.27. The van der Waals surface area contributed by atoms with Gasteiger partial charge in [0.1, 0.15) is 9.88 Å². The number of hydrogen-bond donors (Lipinski definition) is 1. The minimum atomic E-state index is -1.17. The maximum Gasteiger partial charge on any atom is 0.340 e. The molecule has 1 aliphatic heterocycles. The van der Waals surface area contributed by atoms with E-state index in [1.54, 1.807) is 12.1 Å². The zero-order chi connectivity index (χ0) is 17.1. The van der Waals surface area contributed by atoms with E-state index in [0.29, 0.717) is 27.1 Å². The number of hydrogen-bond acceptors (Lipinski definition) is 6. The molecule has 8 heteroatoms. The van der Waals surface area contributed by atoms with E-state index < -0.39 is 5.97 Å². The minimum absolute atomic E-state index is 0.0615. The average Bonchev–Trinajstić information content (AvgIpc) is 2.79. The van der Waals surface area contributed by atoms with Gasteiger partial charge in [0.25, 0.3) is 5.91 Å². The number of carboxylic acid groups (broad SMARTS) is 1. The molecular weight excluding hydrogens is 338 g/mol. The summed E-state index contributed by atoms with van der Waals surface area (Å²) in [5, 5.41) is 9.49. The maximum atomic E-state index is 12.3. The molecule has 1 aromatic rings. The highest BCUT2D eigenvalue weighted by atomic mass is 32.2. The van der Waals surface area contributed by atoms with E-state index in [1.807, 2.05) is 6.92 Å². The first kappa shape index (κ1) is 17.3. The van der Waals surface area contributed by atoms with Gasteiger partial charge in [0.05, 0.1) is 19.1 Å². The van der Waals surface area contributed by atoms with Gasteiger partial charge >= 0.3 is 5.97 Å². The fraction of sp³-hybridized carbons (Fsp3) is 0.267. The van der Waals surface area contributed by atoms with Gasteiger partial charge in [-0.25, -0.2) is 4.79 Å². The third kappa shape index (κ3) is 3.18. The molecular formula is C15H15NO5S2. The van der Waals surface area contributed by atoms with Crippen LogP contribution in [0, 0.1) is 0 Å². The third-order valence-corrected chi connectivity index (χ3v) is 4.65. The summed E-state index contributed by atoms with van der Waals surface area (Å²) in [6.45, 7) is 2.30. The summed E-state index contributed by atoms with van der Waals surface area (Å²) in [6, 6.07) is 3.17. The van der Waals surface area contributed by atoms with Crippen molar-refractivity contribution in [2.45, 2.75) is 6.92 Å². The molecule has 0 radical (unpaired) electrons. The normalized spacial score (nSPS) is 16.1. The van der Waals surface area contributed by atoms with Crippen LogP contribution in [-0.2, 0) is 4.79 Å². The number of rotatable bonds is 5. The number of carboxylic acids is 1. The van der Waals surface area contributed by atoms with Gasteiger partial charge < -0.3 is 14.6 Å². The van der Waals surface area contributed by atoms with Crippen molar-refractivity contribution >= 4 is 46.3 Å². The second-order valence-corrected chi connectivity index (χ2v) is 6.17. The van der Waals surface area contributed by atoms with E-state index in [1.165, 1.54) is 25.2 Å². The molecule has 0 bridgehead atoms. The fourth-order valence-electron chi connectivity index (χ4n) is 2.20. The van der Waals surface area contributed by atoms with Crippen LogP contribution in [0.4, 0.5) is 0 Å². The Balaban J connectivity index is 2.57. The van der Waals surface area contributed by atoms with Crippen LogP contribution < -0.4 is 9.47 Å². The first-order valence-electron chi connectivity index (χ1n) is 6.68. The summed E-state index contributed by atoms with van der Waals surface area (Å²) in [6.07, 6.45) is 1.51. The topological polar surface area (TPSA) is 76.1 Å². The van der Waals surface area contributed by atoms with Gasteiger partial charge in [0, 0.05) is 6.54 Å². The van der Waals surface area contributed by atoms with Gasteiger partial charge in [-0.1, -0.05) is 30.0 Å². The Morgan fingerprint density at radius 3 is 2.57 bits per heavy atom. The number of thioether (sulfide) groups is 1. The first-order chi connectivity index (χ1) is 10.9. The standard InChI is InChI=1S/C15H15NO5S2/c1-4-16-13(17)10(23-15(16)22)7-8-5-6-9(20-2)12(21-3)11(8)14(18)19/h5-7H,4H2,1-3H3,(H,18,19)/b10-7+. The predicted octanol–water partition coefficient (Wildman–Crippen LogP) is 2.62. The zero-order valence-corrected chi connectivity index (χ0v) is 14.4. The Morgan fingerprint density at radius 1 is 1.39 bits per heavy atom. The van der Waals surface area contributed by atoms with E-state index >= 15 is 0 Å². The predicted molar refractivity (Wildman–Crippen MR) is 92.1 cm³/mol. The van der Waals surface area contributed by atoms with E-state index in [2.05, 4.69) is 0 Å². The lowest BCUT2D eigenvalue weighted by molar-refractivity contribution is -0.121. The van der Waals surface area contributed by atoms with E-state index in [4.69, 9.17) is 21.7 Å². The Bertz CT molecular complexity index is 714. The molecule has 0 unspecified atom stereocenters. The molecule has 0 atom stereocenters. The highest BCUT2D eigenvalue weighted by Gasteiger charge is 2.31. The Morgan fingerprint density at radius 2 is 2.09 bits per heavy atom. The molecule has 122 valence electrons. The average molecular weight is 353 g/mol. The van der Waals surface area contributed by atoms with Crippen LogP contribution in [-0.4, -0.2) is 47.0 Å². The van der Waals surface area contributed by atoms with Crippen LogP contribution in [0.2, 0.25) is 0 Å². The van der Waals surface area contributed by atoms with E-state index in [9.17, 15) is 14.7 Å². The van der Waals surface area contributed by atoms with Gasteiger partial charge in [-0.2, -0.15) is 0 Å². The molecule has 1 heterocycles. The molecule has 1 amide bonds. The number of amides is 1. The highest BCUT2D eigenvalue weighted by Crippen LogP contribution is 2.37. The zero-order valence-electron chi connectivity index (χ0n) is 12.8. The van der Waals surface area contributed by atoms with E-state index in [-0.39, 0.29) is 17.2 Å². The minimum Gasteiger partial charge on any atom is -0.493 e. The smallest absolute Gasteiger partial charge is 0.340 e. The van der Waals surface area contributed by atoms with Crippen LogP contribution in [0.1, 0.15) is 22.8 Å². The number of nitrogens with zero attached hydrogens (tertiary/aromatic N) is 1.